The van der Waals surface area contributed by atoms with Gasteiger partial charge in [-0.1, -0.05) is 30.3 Å². The molecule has 0 amide bonds. The maximum Gasteiger partial charge on any atom is 0.228 e. The van der Waals surface area contributed by atoms with Crippen LogP contribution in [0.3, 0.4) is 0 Å². The third-order valence-corrected chi connectivity index (χ3v) is 4.19. The highest BCUT2D eigenvalue weighted by atomic mass is 35.5. The Kier molecular flexibility index (Phi) is 6.08. The molecule has 1 heterocycles. The smallest absolute Gasteiger partial charge is 0.228 e. The van der Waals surface area contributed by atoms with Gasteiger partial charge in [0.05, 0.1) is 0 Å². The maximum atomic E-state index is 12.1. The summed E-state index contributed by atoms with van der Waals surface area (Å²) in [5.41, 5.74) is 2.64. The number of hydrogen-bond donors (Lipinski definition) is 0. The second-order valence-electron chi connectivity index (χ2n) is 5.42. The number of rotatable bonds is 4. The van der Waals surface area contributed by atoms with E-state index < -0.39 is 6.86 Å². The molecule has 0 unspecified atom stereocenters. The van der Waals surface area contributed by atoms with Crippen LogP contribution >= 0.6 is 12.4 Å². The number of halogens is 2. The van der Waals surface area contributed by atoms with Gasteiger partial charge in [-0.25, -0.2) is 4.39 Å². The molecule has 2 aromatic carbocycles. The van der Waals surface area contributed by atoms with Crippen molar-refractivity contribution in [1.29, 1.82) is 0 Å². The van der Waals surface area contributed by atoms with Gasteiger partial charge in [0.15, 0.2) is 0 Å². The van der Waals surface area contributed by atoms with Crippen molar-refractivity contribution < 1.29 is 9.13 Å². The zero-order valence-electron chi connectivity index (χ0n) is 12.5. The highest BCUT2D eigenvalue weighted by molar-refractivity contribution is 5.85. The first-order chi connectivity index (χ1) is 10.4. The molecular weight excluding hydrogens is 301 g/mol. The van der Waals surface area contributed by atoms with Crippen LogP contribution in [0.4, 0.5) is 10.1 Å². The van der Waals surface area contributed by atoms with Crippen LogP contribution in [0.25, 0.3) is 0 Å². The number of alkyl halides is 1. The first kappa shape index (κ1) is 16.6. The van der Waals surface area contributed by atoms with Gasteiger partial charge in [-0.15, -0.1) is 12.4 Å². The standard InChI is InChI=1S/C18H20FNO.ClH/c19-14-21-18-8-6-17(7-9-18)20-12-10-16(11-13-20)15-4-2-1-3-5-15;/h1-9,16H,10-14H2;1H. The predicted octanol–water partition coefficient (Wildman–Crippen LogP) is 4.80. The second kappa shape index (κ2) is 8.04. The molecule has 1 aliphatic heterocycles. The minimum Gasteiger partial charge on any atom is -0.463 e. The molecule has 0 aliphatic carbocycles. The highest BCUT2D eigenvalue weighted by Crippen LogP contribution is 2.30. The molecular formula is C18H21ClFNO. The monoisotopic (exact) mass is 321 g/mol. The lowest BCUT2D eigenvalue weighted by Gasteiger charge is -2.34. The van der Waals surface area contributed by atoms with Crippen LogP contribution in [-0.2, 0) is 0 Å². The van der Waals surface area contributed by atoms with Crippen LogP contribution in [0, 0.1) is 0 Å². The largest absolute Gasteiger partial charge is 0.463 e. The topological polar surface area (TPSA) is 12.5 Å². The average molecular weight is 322 g/mol. The average Bonchev–Trinajstić information content (AvgIpc) is 2.57. The fraction of sp³-hybridized carbons (Fsp3) is 0.333. The molecule has 0 aromatic heterocycles. The van der Waals surface area contributed by atoms with E-state index in [1.54, 1.807) is 0 Å². The summed E-state index contributed by atoms with van der Waals surface area (Å²) in [6.07, 6.45) is 2.35. The Hall–Kier alpha value is -1.74. The predicted molar refractivity (Wildman–Crippen MR) is 90.9 cm³/mol. The maximum absolute atomic E-state index is 12.1. The van der Waals surface area contributed by atoms with Gasteiger partial charge in [0, 0.05) is 18.8 Å². The molecule has 2 nitrogen and oxygen atoms in total. The number of nitrogens with zero attached hydrogens (tertiary/aromatic N) is 1. The molecule has 3 rings (SSSR count). The van der Waals surface area contributed by atoms with Crippen molar-refractivity contribution >= 4 is 18.1 Å². The molecule has 0 N–H and O–H groups in total. The summed E-state index contributed by atoms with van der Waals surface area (Å²) in [6, 6.07) is 18.4. The zero-order chi connectivity index (χ0) is 14.5. The Morgan fingerprint density at radius 2 is 1.59 bits per heavy atom. The summed E-state index contributed by atoms with van der Waals surface area (Å²) < 4.78 is 16.9. The normalized spacial score (nSPS) is 15.2. The van der Waals surface area contributed by atoms with Crippen LogP contribution in [0.1, 0.15) is 24.3 Å². The van der Waals surface area contributed by atoms with Gasteiger partial charge in [-0.3, -0.25) is 0 Å². The minimum absolute atomic E-state index is 0. The van der Waals surface area contributed by atoms with Gasteiger partial charge < -0.3 is 9.64 Å². The summed E-state index contributed by atoms with van der Waals surface area (Å²) in [5, 5.41) is 0. The Balaban J connectivity index is 0.00000176. The summed E-state index contributed by atoms with van der Waals surface area (Å²) in [5.74, 6) is 1.25. The lowest BCUT2D eigenvalue weighted by molar-refractivity contribution is 0.192. The van der Waals surface area contributed by atoms with Crippen LogP contribution in [0.15, 0.2) is 54.6 Å². The van der Waals surface area contributed by atoms with Crippen LogP contribution in [-0.4, -0.2) is 20.0 Å². The van der Waals surface area contributed by atoms with E-state index in [0.717, 1.165) is 13.1 Å². The van der Waals surface area contributed by atoms with Gasteiger partial charge in [0.1, 0.15) is 5.75 Å². The summed E-state index contributed by atoms with van der Waals surface area (Å²) in [6.45, 7) is 1.34. The summed E-state index contributed by atoms with van der Waals surface area (Å²) in [7, 11) is 0. The SMILES string of the molecule is Cl.FCOc1ccc(N2CCC(c3ccccc3)CC2)cc1. The lowest BCUT2D eigenvalue weighted by Crippen LogP contribution is -2.32. The molecule has 1 aliphatic rings. The van der Waals surface area contributed by atoms with E-state index in [1.165, 1.54) is 24.1 Å². The minimum atomic E-state index is -0.776. The van der Waals surface area contributed by atoms with Crippen molar-refractivity contribution in [3.05, 3.63) is 60.2 Å². The number of piperidine rings is 1. The molecule has 2 aromatic rings. The zero-order valence-corrected chi connectivity index (χ0v) is 13.3. The molecule has 0 radical (unpaired) electrons. The van der Waals surface area contributed by atoms with Gasteiger partial charge >= 0.3 is 0 Å². The van der Waals surface area contributed by atoms with E-state index >= 15 is 0 Å². The molecule has 1 fully saturated rings. The first-order valence-corrected chi connectivity index (χ1v) is 7.45. The molecule has 1 saturated heterocycles. The van der Waals surface area contributed by atoms with Crippen LogP contribution in [0.2, 0.25) is 0 Å². The Morgan fingerprint density at radius 3 is 2.18 bits per heavy atom. The van der Waals surface area contributed by atoms with Gasteiger partial charge in [0.2, 0.25) is 6.86 Å². The molecule has 118 valence electrons. The Bertz CT molecular complexity index is 553. The van der Waals surface area contributed by atoms with Crippen LogP contribution < -0.4 is 9.64 Å². The van der Waals surface area contributed by atoms with Crippen molar-refractivity contribution in [1.82, 2.24) is 0 Å². The van der Waals surface area contributed by atoms with Crippen molar-refractivity contribution in [2.75, 3.05) is 24.9 Å². The summed E-state index contributed by atoms with van der Waals surface area (Å²) >= 11 is 0. The van der Waals surface area contributed by atoms with E-state index in [0.29, 0.717) is 11.7 Å². The highest BCUT2D eigenvalue weighted by Gasteiger charge is 2.20. The molecule has 0 spiro atoms. The molecule has 4 heteroatoms. The molecule has 0 bridgehead atoms. The Morgan fingerprint density at radius 1 is 0.955 bits per heavy atom. The molecule has 0 saturated carbocycles. The van der Waals surface area contributed by atoms with E-state index in [4.69, 9.17) is 4.74 Å². The van der Waals surface area contributed by atoms with Crippen molar-refractivity contribution in [2.45, 2.75) is 18.8 Å². The molecule has 0 atom stereocenters. The third kappa shape index (κ3) is 3.92. The Labute approximate surface area is 137 Å². The van der Waals surface area contributed by atoms with Crippen molar-refractivity contribution in [3.63, 3.8) is 0 Å². The van der Waals surface area contributed by atoms with E-state index in [1.807, 2.05) is 24.3 Å². The van der Waals surface area contributed by atoms with Gasteiger partial charge in [-0.05, 0) is 48.6 Å². The van der Waals surface area contributed by atoms with E-state index in [9.17, 15) is 4.39 Å². The molecule has 22 heavy (non-hydrogen) atoms. The number of anilines is 1. The summed E-state index contributed by atoms with van der Waals surface area (Å²) in [4.78, 5) is 2.39. The van der Waals surface area contributed by atoms with Crippen LogP contribution in [0.5, 0.6) is 5.75 Å². The first-order valence-electron chi connectivity index (χ1n) is 7.45. The third-order valence-electron chi connectivity index (χ3n) is 4.19. The number of hydrogen-bond acceptors (Lipinski definition) is 2. The second-order valence-corrected chi connectivity index (χ2v) is 5.42. The van der Waals surface area contributed by atoms with Gasteiger partial charge in [0.25, 0.3) is 0 Å². The van der Waals surface area contributed by atoms with E-state index in [-0.39, 0.29) is 12.4 Å². The number of ether oxygens (including phenoxy) is 1. The van der Waals surface area contributed by atoms with Crippen molar-refractivity contribution in [2.24, 2.45) is 0 Å². The fourth-order valence-corrected chi connectivity index (χ4v) is 3.01. The van der Waals surface area contributed by atoms with E-state index in [2.05, 4.69) is 35.2 Å². The van der Waals surface area contributed by atoms with Crippen molar-refractivity contribution in [3.8, 4) is 5.75 Å². The fourth-order valence-electron chi connectivity index (χ4n) is 3.01. The number of benzene rings is 2. The lowest BCUT2D eigenvalue weighted by atomic mass is 9.89. The van der Waals surface area contributed by atoms with Gasteiger partial charge in [-0.2, -0.15) is 0 Å². The quantitative estimate of drug-likeness (QED) is 0.802.